The van der Waals surface area contributed by atoms with E-state index in [-0.39, 0.29) is 0 Å². The van der Waals surface area contributed by atoms with Crippen LogP contribution in [0.5, 0.6) is 0 Å². The van der Waals surface area contributed by atoms with Crippen molar-refractivity contribution in [2.75, 3.05) is 13.6 Å². The van der Waals surface area contributed by atoms with Crippen molar-refractivity contribution in [2.45, 2.75) is 46.5 Å². The highest BCUT2D eigenvalue weighted by Gasteiger charge is 1.73. The van der Waals surface area contributed by atoms with Crippen molar-refractivity contribution in [1.29, 1.82) is 0 Å². The number of rotatable bonds is 4. The van der Waals surface area contributed by atoms with E-state index in [0.29, 0.717) is 0 Å². The van der Waals surface area contributed by atoms with Gasteiger partial charge in [-0.15, -0.1) is 0 Å². The first-order chi connectivity index (χ1) is 4.83. The molecule has 0 unspecified atom stereocenters. The van der Waals surface area contributed by atoms with Crippen LogP contribution < -0.4 is 5.32 Å². The molecular weight excluding hydrogens is 122 g/mol. The molecule has 0 atom stereocenters. The van der Waals surface area contributed by atoms with E-state index < -0.39 is 0 Å². The second kappa shape index (κ2) is 16.0. The van der Waals surface area contributed by atoms with Crippen molar-refractivity contribution in [3.63, 3.8) is 0 Å². The second-order valence-corrected chi connectivity index (χ2v) is 2.46. The Morgan fingerprint density at radius 1 is 0.900 bits per heavy atom. The fourth-order valence-electron chi connectivity index (χ4n) is 0.354. The van der Waals surface area contributed by atoms with Gasteiger partial charge in [-0.2, -0.15) is 0 Å². The minimum Gasteiger partial charge on any atom is -0.320 e. The highest BCUT2D eigenvalue weighted by Crippen LogP contribution is 1.79. The van der Waals surface area contributed by atoms with Gasteiger partial charge in [0.25, 0.3) is 0 Å². The van der Waals surface area contributed by atoms with E-state index in [1.54, 1.807) is 0 Å². The van der Waals surface area contributed by atoms with Crippen molar-refractivity contribution in [2.24, 2.45) is 0 Å². The van der Waals surface area contributed by atoms with Crippen molar-refractivity contribution < 1.29 is 0 Å². The van der Waals surface area contributed by atoms with Crippen molar-refractivity contribution in [3.8, 4) is 0 Å². The molecule has 0 aliphatic heterocycles. The SMILES string of the molecule is CCCC.CCCCNC. The van der Waals surface area contributed by atoms with Crippen LogP contribution in [0.1, 0.15) is 46.5 Å². The standard InChI is InChI=1S/C5H13N.C4H10/c1-3-4-5-6-2;1-3-4-2/h6H,3-5H2,1-2H3;3-4H2,1-2H3. The maximum absolute atomic E-state index is 3.07. The average molecular weight is 145 g/mol. The molecule has 0 amide bonds. The molecule has 0 spiro atoms. The van der Waals surface area contributed by atoms with Gasteiger partial charge in [0, 0.05) is 0 Å². The maximum atomic E-state index is 3.07. The van der Waals surface area contributed by atoms with Crippen LogP contribution in [0.2, 0.25) is 0 Å². The Morgan fingerprint density at radius 3 is 1.50 bits per heavy atom. The summed E-state index contributed by atoms with van der Waals surface area (Å²) in [6.45, 7) is 7.72. The number of hydrogen-bond acceptors (Lipinski definition) is 1. The molecule has 0 saturated heterocycles. The summed E-state index contributed by atoms with van der Waals surface area (Å²) in [5.41, 5.74) is 0. The van der Waals surface area contributed by atoms with E-state index in [1.807, 2.05) is 7.05 Å². The van der Waals surface area contributed by atoms with E-state index >= 15 is 0 Å². The molecule has 0 aromatic heterocycles. The van der Waals surface area contributed by atoms with Crippen LogP contribution in [0, 0.1) is 0 Å². The normalized spacial score (nSPS) is 8.40. The van der Waals surface area contributed by atoms with Crippen molar-refractivity contribution in [1.82, 2.24) is 5.32 Å². The van der Waals surface area contributed by atoms with E-state index in [1.165, 1.54) is 25.7 Å². The van der Waals surface area contributed by atoms with Gasteiger partial charge < -0.3 is 5.32 Å². The van der Waals surface area contributed by atoms with E-state index in [2.05, 4.69) is 26.1 Å². The molecule has 0 aromatic rings. The molecule has 0 fully saturated rings. The van der Waals surface area contributed by atoms with E-state index in [9.17, 15) is 0 Å². The molecule has 0 radical (unpaired) electrons. The first kappa shape index (κ1) is 12.6. The smallest absolute Gasteiger partial charge is 0.00520 e. The van der Waals surface area contributed by atoms with Crippen LogP contribution >= 0.6 is 0 Å². The van der Waals surface area contributed by atoms with Crippen LogP contribution in [-0.2, 0) is 0 Å². The van der Waals surface area contributed by atoms with Crippen LogP contribution in [0.25, 0.3) is 0 Å². The summed E-state index contributed by atoms with van der Waals surface area (Å²) in [6.07, 6.45) is 5.23. The maximum Gasteiger partial charge on any atom is -0.00520 e. The lowest BCUT2D eigenvalue weighted by atomic mass is 10.3. The van der Waals surface area contributed by atoms with Gasteiger partial charge in [0.15, 0.2) is 0 Å². The van der Waals surface area contributed by atoms with Gasteiger partial charge in [-0.3, -0.25) is 0 Å². The zero-order valence-corrected chi connectivity index (χ0v) is 8.04. The fraction of sp³-hybridized carbons (Fsp3) is 1.00. The summed E-state index contributed by atoms with van der Waals surface area (Å²) in [6, 6.07) is 0. The highest BCUT2D eigenvalue weighted by molar-refractivity contribution is 4.34. The number of nitrogens with one attached hydrogen (secondary N) is 1. The summed E-state index contributed by atoms with van der Waals surface area (Å²) in [5, 5.41) is 3.07. The van der Waals surface area contributed by atoms with Crippen molar-refractivity contribution in [3.05, 3.63) is 0 Å². The van der Waals surface area contributed by atoms with E-state index in [0.717, 1.165) is 6.54 Å². The Hall–Kier alpha value is -0.0400. The molecule has 0 heterocycles. The molecule has 10 heavy (non-hydrogen) atoms. The van der Waals surface area contributed by atoms with E-state index in [4.69, 9.17) is 0 Å². The Labute approximate surface area is 66.2 Å². The molecule has 1 heteroatoms. The van der Waals surface area contributed by atoms with Gasteiger partial charge in [0.2, 0.25) is 0 Å². The third-order valence-corrected chi connectivity index (χ3v) is 1.28. The molecule has 0 rings (SSSR count). The van der Waals surface area contributed by atoms with Crippen LogP contribution in [0.3, 0.4) is 0 Å². The Morgan fingerprint density at radius 2 is 1.40 bits per heavy atom. The lowest BCUT2D eigenvalue weighted by molar-refractivity contribution is 0.711. The third kappa shape index (κ3) is 24.6. The molecule has 1 nitrogen and oxygen atoms in total. The lowest BCUT2D eigenvalue weighted by Crippen LogP contribution is -2.06. The van der Waals surface area contributed by atoms with Crippen LogP contribution in [-0.4, -0.2) is 13.6 Å². The van der Waals surface area contributed by atoms with Gasteiger partial charge in [-0.25, -0.2) is 0 Å². The Balaban J connectivity index is 0. The molecule has 0 saturated carbocycles. The monoisotopic (exact) mass is 145 g/mol. The van der Waals surface area contributed by atoms with Crippen LogP contribution in [0.15, 0.2) is 0 Å². The molecule has 0 aromatic carbocycles. The average Bonchev–Trinajstić information content (AvgIpc) is 2.01. The summed E-state index contributed by atoms with van der Waals surface area (Å²) in [5.74, 6) is 0. The summed E-state index contributed by atoms with van der Waals surface area (Å²) in [7, 11) is 1.98. The largest absolute Gasteiger partial charge is 0.320 e. The van der Waals surface area contributed by atoms with Gasteiger partial charge in [0.05, 0.1) is 0 Å². The Bertz CT molecular complexity index is 29.7. The fourth-order valence-corrected chi connectivity index (χ4v) is 0.354. The first-order valence-electron chi connectivity index (χ1n) is 4.47. The number of hydrogen-bond donors (Lipinski definition) is 1. The molecule has 0 bridgehead atoms. The molecule has 64 valence electrons. The summed E-state index contributed by atoms with van der Waals surface area (Å²) in [4.78, 5) is 0. The predicted molar refractivity (Wildman–Crippen MR) is 49.4 cm³/mol. The van der Waals surface area contributed by atoms with Gasteiger partial charge in [-0.1, -0.05) is 40.0 Å². The van der Waals surface area contributed by atoms with Gasteiger partial charge in [0.1, 0.15) is 0 Å². The minimum atomic E-state index is 1.16. The van der Waals surface area contributed by atoms with Gasteiger partial charge >= 0.3 is 0 Å². The number of unbranched alkanes of at least 4 members (excludes halogenated alkanes) is 2. The third-order valence-electron chi connectivity index (χ3n) is 1.28. The molecule has 1 N–H and O–H groups in total. The lowest BCUT2D eigenvalue weighted by Gasteiger charge is -1.89. The minimum absolute atomic E-state index is 1.16. The van der Waals surface area contributed by atoms with Crippen molar-refractivity contribution >= 4 is 0 Å². The van der Waals surface area contributed by atoms with Crippen LogP contribution in [0.4, 0.5) is 0 Å². The Kier molecular flexibility index (Phi) is 20.2. The zero-order chi connectivity index (χ0) is 8.24. The topological polar surface area (TPSA) is 12.0 Å². The first-order valence-corrected chi connectivity index (χ1v) is 4.47. The quantitative estimate of drug-likeness (QED) is 0.600. The summed E-state index contributed by atoms with van der Waals surface area (Å²) < 4.78 is 0. The zero-order valence-electron chi connectivity index (χ0n) is 8.04. The highest BCUT2D eigenvalue weighted by atomic mass is 14.8. The summed E-state index contributed by atoms with van der Waals surface area (Å²) >= 11 is 0. The van der Waals surface area contributed by atoms with Gasteiger partial charge in [-0.05, 0) is 20.0 Å². The molecule has 0 aliphatic carbocycles. The predicted octanol–water partition coefficient (Wildman–Crippen LogP) is 2.81. The molecular formula is C9H23N. The molecule has 0 aliphatic rings. The second-order valence-electron chi connectivity index (χ2n) is 2.46.